The van der Waals surface area contributed by atoms with Crippen molar-refractivity contribution >= 4 is 23.7 Å². The van der Waals surface area contributed by atoms with Crippen molar-refractivity contribution in [1.29, 1.82) is 0 Å². The maximum atomic E-state index is 13.9. The number of benzene rings is 1. The van der Waals surface area contributed by atoms with Gasteiger partial charge in [0.25, 0.3) is 5.91 Å². The number of halogens is 1. The molecule has 2 N–H and O–H groups in total. The molecule has 0 saturated carbocycles. The van der Waals surface area contributed by atoms with E-state index >= 15 is 0 Å². The number of piperidine rings is 1. The second-order valence-corrected chi connectivity index (χ2v) is 5.48. The van der Waals surface area contributed by atoms with E-state index in [2.05, 4.69) is 5.32 Å². The number of rotatable bonds is 4. The maximum absolute atomic E-state index is 13.9. The Morgan fingerprint density at radius 3 is 2.79 bits per heavy atom. The van der Waals surface area contributed by atoms with E-state index in [1.165, 1.54) is 11.0 Å². The van der Waals surface area contributed by atoms with Crippen LogP contribution in [-0.2, 0) is 20.9 Å². The highest BCUT2D eigenvalue weighted by molar-refractivity contribution is 6.05. The van der Waals surface area contributed by atoms with Gasteiger partial charge in [-0.15, -0.1) is 0 Å². The van der Waals surface area contributed by atoms with Crippen molar-refractivity contribution < 1.29 is 33.4 Å². The number of ether oxygens (including phenoxy) is 1. The van der Waals surface area contributed by atoms with Gasteiger partial charge in [0.05, 0.1) is 6.54 Å². The SMILES string of the molecule is O=C(O)COc1c(F)ccc2c1CN(C1CCC(=O)NC1=O)C2=O. The highest BCUT2D eigenvalue weighted by Crippen LogP contribution is 2.35. The van der Waals surface area contributed by atoms with E-state index in [-0.39, 0.29) is 36.3 Å². The van der Waals surface area contributed by atoms with Gasteiger partial charge in [-0.25, -0.2) is 9.18 Å². The number of carbonyl (C=O) groups excluding carboxylic acids is 3. The van der Waals surface area contributed by atoms with Gasteiger partial charge in [0, 0.05) is 17.5 Å². The van der Waals surface area contributed by atoms with Crippen molar-refractivity contribution in [3.63, 3.8) is 0 Å². The molecule has 0 radical (unpaired) electrons. The van der Waals surface area contributed by atoms with Gasteiger partial charge in [0.1, 0.15) is 6.04 Å². The molecule has 1 aromatic carbocycles. The van der Waals surface area contributed by atoms with E-state index in [4.69, 9.17) is 9.84 Å². The molecular formula is C15H13FN2O6. The molecule has 2 heterocycles. The average molecular weight is 336 g/mol. The molecule has 3 amide bonds. The van der Waals surface area contributed by atoms with Gasteiger partial charge >= 0.3 is 5.97 Å². The van der Waals surface area contributed by atoms with Gasteiger partial charge in [-0.1, -0.05) is 0 Å². The minimum atomic E-state index is -1.28. The normalized spacial score (nSPS) is 20.0. The molecule has 0 spiro atoms. The third kappa shape index (κ3) is 2.68. The van der Waals surface area contributed by atoms with Crippen molar-refractivity contribution in [2.24, 2.45) is 0 Å². The van der Waals surface area contributed by atoms with Gasteiger partial charge in [-0.3, -0.25) is 19.7 Å². The van der Waals surface area contributed by atoms with Crippen LogP contribution in [0.4, 0.5) is 4.39 Å². The predicted molar refractivity (Wildman–Crippen MR) is 75.6 cm³/mol. The van der Waals surface area contributed by atoms with Crippen molar-refractivity contribution in [2.75, 3.05) is 6.61 Å². The molecule has 8 nitrogen and oxygen atoms in total. The first-order valence-corrected chi connectivity index (χ1v) is 7.19. The smallest absolute Gasteiger partial charge is 0.341 e. The first-order valence-electron chi connectivity index (χ1n) is 7.19. The first kappa shape index (κ1) is 15.9. The fourth-order valence-corrected chi connectivity index (χ4v) is 2.87. The lowest BCUT2D eigenvalue weighted by Gasteiger charge is -2.29. The Balaban J connectivity index is 1.89. The molecule has 1 fully saturated rings. The molecule has 2 aliphatic rings. The van der Waals surface area contributed by atoms with E-state index in [0.717, 1.165) is 6.07 Å². The number of hydrogen-bond donors (Lipinski definition) is 2. The Hall–Kier alpha value is -2.97. The molecule has 0 aliphatic carbocycles. The summed E-state index contributed by atoms with van der Waals surface area (Å²) in [5.41, 5.74) is 0.354. The summed E-state index contributed by atoms with van der Waals surface area (Å²) in [6, 6.07) is 1.45. The molecule has 126 valence electrons. The molecule has 1 saturated heterocycles. The third-order valence-electron chi connectivity index (χ3n) is 3.96. The zero-order valence-electron chi connectivity index (χ0n) is 12.4. The summed E-state index contributed by atoms with van der Waals surface area (Å²) < 4.78 is 18.9. The largest absolute Gasteiger partial charge is 0.479 e. The minimum absolute atomic E-state index is 0.0901. The summed E-state index contributed by atoms with van der Waals surface area (Å²) in [5.74, 6) is -3.85. The second-order valence-electron chi connectivity index (χ2n) is 5.48. The average Bonchev–Trinajstić information content (AvgIpc) is 2.83. The second kappa shape index (κ2) is 5.91. The highest BCUT2D eigenvalue weighted by Gasteiger charge is 2.40. The van der Waals surface area contributed by atoms with Crippen LogP contribution in [0, 0.1) is 5.82 Å². The summed E-state index contributed by atoms with van der Waals surface area (Å²) >= 11 is 0. The molecule has 1 atom stereocenters. The summed E-state index contributed by atoms with van der Waals surface area (Å²) in [5, 5.41) is 10.8. The van der Waals surface area contributed by atoms with Gasteiger partial charge in [-0.2, -0.15) is 0 Å². The monoisotopic (exact) mass is 336 g/mol. The van der Waals surface area contributed by atoms with Crippen LogP contribution in [0.5, 0.6) is 5.75 Å². The number of carboxylic acid groups (broad SMARTS) is 1. The molecule has 0 aromatic heterocycles. The van der Waals surface area contributed by atoms with Gasteiger partial charge in [0.2, 0.25) is 11.8 Å². The Kier molecular flexibility index (Phi) is 3.92. The van der Waals surface area contributed by atoms with E-state index < -0.39 is 42.2 Å². The predicted octanol–water partition coefficient (Wildman–Crippen LogP) is 0.0501. The third-order valence-corrected chi connectivity index (χ3v) is 3.96. The molecule has 1 aromatic rings. The van der Waals surface area contributed by atoms with Gasteiger partial charge in [-0.05, 0) is 18.6 Å². The van der Waals surface area contributed by atoms with Crippen LogP contribution in [0.2, 0.25) is 0 Å². The van der Waals surface area contributed by atoms with Crippen LogP contribution in [-0.4, -0.2) is 46.3 Å². The zero-order chi connectivity index (χ0) is 17.4. The number of carbonyl (C=O) groups is 4. The zero-order valence-corrected chi connectivity index (χ0v) is 12.4. The number of nitrogens with one attached hydrogen (secondary N) is 1. The molecule has 0 bridgehead atoms. The summed E-state index contributed by atoms with van der Waals surface area (Å²) in [6.07, 6.45) is 0.283. The molecule has 1 unspecified atom stereocenters. The number of hydrogen-bond acceptors (Lipinski definition) is 5. The van der Waals surface area contributed by atoms with E-state index in [0.29, 0.717) is 0 Å². The van der Waals surface area contributed by atoms with E-state index in [9.17, 15) is 23.6 Å². The summed E-state index contributed by atoms with van der Waals surface area (Å²) in [4.78, 5) is 47.5. The van der Waals surface area contributed by atoms with Gasteiger partial charge in [0.15, 0.2) is 18.2 Å². The topological polar surface area (TPSA) is 113 Å². The number of amides is 3. The molecular weight excluding hydrogens is 323 g/mol. The summed E-state index contributed by atoms with van der Waals surface area (Å²) in [6.45, 7) is -0.840. The maximum Gasteiger partial charge on any atom is 0.341 e. The van der Waals surface area contributed by atoms with Crippen LogP contribution in [0.25, 0.3) is 0 Å². The van der Waals surface area contributed by atoms with Crippen molar-refractivity contribution in [2.45, 2.75) is 25.4 Å². The van der Waals surface area contributed by atoms with Crippen molar-refractivity contribution in [3.8, 4) is 5.75 Å². The molecule has 9 heteroatoms. The number of carboxylic acids is 1. The number of nitrogens with zero attached hydrogens (tertiary/aromatic N) is 1. The molecule has 2 aliphatic heterocycles. The van der Waals surface area contributed by atoms with Crippen LogP contribution in [0.1, 0.15) is 28.8 Å². The van der Waals surface area contributed by atoms with Crippen molar-refractivity contribution in [1.82, 2.24) is 10.2 Å². The van der Waals surface area contributed by atoms with E-state index in [1.54, 1.807) is 0 Å². The first-order chi connectivity index (χ1) is 11.4. The quantitative estimate of drug-likeness (QED) is 0.751. The lowest BCUT2D eigenvalue weighted by atomic mass is 10.0. The lowest BCUT2D eigenvalue weighted by molar-refractivity contribution is -0.139. The Morgan fingerprint density at radius 2 is 2.12 bits per heavy atom. The minimum Gasteiger partial charge on any atom is -0.479 e. The Bertz CT molecular complexity index is 763. The van der Waals surface area contributed by atoms with Crippen LogP contribution < -0.4 is 10.1 Å². The number of fused-ring (bicyclic) bond motifs is 1. The van der Waals surface area contributed by atoms with Crippen LogP contribution >= 0.6 is 0 Å². The lowest BCUT2D eigenvalue weighted by Crippen LogP contribution is -2.52. The Morgan fingerprint density at radius 1 is 1.38 bits per heavy atom. The fourth-order valence-electron chi connectivity index (χ4n) is 2.87. The van der Waals surface area contributed by atoms with Gasteiger partial charge < -0.3 is 14.7 Å². The van der Waals surface area contributed by atoms with Crippen LogP contribution in [0.3, 0.4) is 0 Å². The Labute approximate surface area is 135 Å². The summed E-state index contributed by atoms with van der Waals surface area (Å²) in [7, 11) is 0. The standard InChI is InChI=1S/C15H13FN2O6/c16-9-2-1-7-8(13(9)24-6-12(20)21)5-18(15(7)23)10-3-4-11(19)17-14(10)22/h1-2,10H,3-6H2,(H,20,21)(H,17,19,22). The fraction of sp³-hybridized carbons (Fsp3) is 0.333. The molecule has 3 rings (SSSR count). The van der Waals surface area contributed by atoms with E-state index in [1.807, 2.05) is 0 Å². The van der Waals surface area contributed by atoms with Crippen molar-refractivity contribution in [3.05, 3.63) is 29.1 Å². The highest BCUT2D eigenvalue weighted by atomic mass is 19.1. The number of imide groups is 1. The number of aliphatic carboxylic acids is 1. The molecule has 24 heavy (non-hydrogen) atoms. The van der Waals surface area contributed by atoms with Crippen LogP contribution in [0.15, 0.2) is 12.1 Å².